The number of aliphatic hydroxyl groups is 2. The summed E-state index contributed by atoms with van der Waals surface area (Å²) in [6, 6.07) is 0. The molecule has 1 saturated heterocycles. The lowest BCUT2D eigenvalue weighted by molar-refractivity contribution is -0.0761. The summed E-state index contributed by atoms with van der Waals surface area (Å²) < 4.78 is 20.9. The number of nitrogens with two attached hydrogens (primary N) is 1. The van der Waals surface area contributed by atoms with Crippen LogP contribution in [0.25, 0.3) is 11.2 Å². The number of nitrogens with zero attached hydrogens (tertiary/aromatic N) is 4. The van der Waals surface area contributed by atoms with E-state index in [2.05, 4.69) is 15.0 Å². The molecule has 20 heavy (non-hydrogen) atoms. The van der Waals surface area contributed by atoms with Crippen molar-refractivity contribution in [1.82, 2.24) is 19.5 Å². The van der Waals surface area contributed by atoms with Crippen molar-refractivity contribution in [3.63, 3.8) is 0 Å². The minimum absolute atomic E-state index is 0.176. The number of aromatic nitrogens is 4. The molecule has 1 aliphatic heterocycles. The Hall–Kier alpha value is -1.84. The first-order chi connectivity index (χ1) is 9.50. The van der Waals surface area contributed by atoms with Gasteiger partial charge >= 0.3 is 0 Å². The molecular weight excluding hydrogens is 269 g/mol. The van der Waals surface area contributed by atoms with Gasteiger partial charge in [-0.15, -0.1) is 0 Å². The van der Waals surface area contributed by atoms with E-state index in [9.17, 15) is 14.6 Å². The van der Waals surface area contributed by atoms with E-state index in [1.807, 2.05) is 0 Å². The molecule has 8 nitrogen and oxygen atoms in total. The van der Waals surface area contributed by atoms with E-state index in [-0.39, 0.29) is 5.82 Å². The van der Waals surface area contributed by atoms with Crippen LogP contribution in [0.3, 0.4) is 0 Å². The number of hydrogen-bond acceptors (Lipinski definition) is 7. The third-order valence-corrected chi connectivity index (χ3v) is 3.37. The Morgan fingerprint density at radius 3 is 2.85 bits per heavy atom. The highest BCUT2D eigenvalue weighted by atomic mass is 19.1. The summed E-state index contributed by atoms with van der Waals surface area (Å²) in [6.07, 6.45) is -3.69. The minimum Gasteiger partial charge on any atom is -0.391 e. The average Bonchev–Trinajstić information content (AvgIpc) is 2.94. The second kappa shape index (κ2) is 4.62. The molecule has 0 aliphatic carbocycles. The zero-order valence-corrected chi connectivity index (χ0v) is 10.6. The van der Waals surface area contributed by atoms with E-state index in [1.54, 1.807) is 0 Å². The van der Waals surface area contributed by atoms with E-state index in [4.69, 9.17) is 10.5 Å². The third-order valence-electron chi connectivity index (χ3n) is 3.37. The van der Waals surface area contributed by atoms with Crippen LogP contribution < -0.4 is 5.73 Å². The predicted molar refractivity (Wildman–Crippen MR) is 66.2 cm³/mol. The zero-order chi connectivity index (χ0) is 14.4. The van der Waals surface area contributed by atoms with Crippen LogP contribution in [0.5, 0.6) is 0 Å². The number of rotatable bonds is 2. The van der Waals surface area contributed by atoms with Crippen LogP contribution in [0, 0.1) is 0 Å². The van der Waals surface area contributed by atoms with Crippen LogP contribution in [-0.2, 0) is 4.74 Å². The van der Waals surface area contributed by atoms with Gasteiger partial charge in [0.2, 0.25) is 0 Å². The fourth-order valence-electron chi connectivity index (χ4n) is 2.34. The number of hydrogen-bond donors (Lipinski definition) is 3. The van der Waals surface area contributed by atoms with Gasteiger partial charge in [-0.1, -0.05) is 0 Å². The maximum absolute atomic E-state index is 14.2. The molecule has 3 heterocycles. The first-order valence-corrected chi connectivity index (χ1v) is 6.09. The maximum Gasteiger partial charge on any atom is 0.173 e. The molecule has 0 radical (unpaired) electrons. The topological polar surface area (TPSA) is 119 Å². The lowest BCUT2D eigenvalue weighted by Crippen LogP contribution is -2.35. The van der Waals surface area contributed by atoms with Gasteiger partial charge in [-0.2, -0.15) is 0 Å². The molecule has 5 atom stereocenters. The molecule has 9 heteroatoms. The summed E-state index contributed by atoms with van der Waals surface area (Å²) in [5.41, 5.74) is 6.30. The molecule has 3 rings (SSSR count). The van der Waals surface area contributed by atoms with Crippen LogP contribution in [0.4, 0.5) is 10.2 Å². The largest absolute Gasteiger partial charge is 0.391 e. The average molecular weight is 283 g/mol. The smallest absolute Gasteiger partial charge is 0.173 e. The standard InChI is InChI=1S/C11H14FN5O3/c1-4(18)8-7(19)5(12)11(20-8)17-3-16-6-9(13)14-2-15-10(6)17/h2-5,7-8,11,18-19H,1H3,(H2,13,14,15)/t4-,5-,7+,8-,11-/m1/s1. The van der Waals surface area contributed by atoms with Gasteiger partial charge in [-0.3, -0.25) is 4.57 Å². The van der Waals surface area contributed by atoms with Crippen LogP contribution in [-0.4, -0.2) is 54.2 Å². The van der Waals surface area contributed by atoms with E-state index in [1.165, 1.54) is 24.1 Å². The normalized spacial score (nSPS) is 31.8. The quantitative estimate of drug-likeness (QED) is 0.672. The van der Waals surface area contributed by atoms with Gasteiger partial charge in [0.05, 0.1) is 12.4 Å². The number of alkyl halides is 1. The van der Waals surface area contributed by atoms with Crippen LogP contribution in [0.2, 0.25) is 0 Å². The Balaban J connectivity index is 2.02. The zero-order valence-electron chi connectivity index (χ0n) is 10.6. The number of halogens is 1. The van der Waals surface area contributed by atoms with Gasteiger partial charge in [0.1, 0.15) is 24.1 Å². The van der Waals surface area contributed by atoms with Gasteiger partial charge < -0.3 is 20.7 Å². The number of fused-ring (bicyclic) bond motifs is 1. The fourth-order valence-corrected chi connectivity index (χ4v) is 2.34. The number of nitrogen functional groups attached to an aromatic ring is 1. The van der Waals surface area contributed by atoms with Crippen molar-refractivity contribution in [2.75, 3.05) is 5.73 Å². The molecule has 0 amide bonds. The van der Waals surface area contributed by atoms with Crippen molar-refractivity contribution in [3.05, 3.63) is 12.7 Å². The molecule has 2 aromatic heterocycles. The van der Waals surface area contributed by atoms with Gasteiger partial charge in [0.25, 0.3) is 0 Å². The molecule has 108 valence electrons. The lowest BCUT2D eigenvalue weighted by atomic mass is 10.1. The minimum atomic E-state index is -1.71. The molecule has 1 aliphatic rings. The van der Waals surface area contributed by atoms with Crippen molar-refractivity contribution >= 4 is 17.0 Å². The molecule has 4 N–H and O–H groups in total. The predicted octanol–water partition coefficient (Wildman–Crippen LogP) is -0.614. The van der Waals surface area contributed by atoms with Crippen molar-refractivity contribution in [2.45, 2.75) is 37.6 Å². The van der Waals surface area contributed by atoms with E-state index in [0.29, 0.717) is 11.2 Å². The van der Waals surface area contributed by atoms with Crippen molar-refractivity contribution in [3.8, 4) is 0 Å². The second-order valence-electron chi connectivity index (χ2n) is 4.75. The van der Waals surface area contributed by atoms with Crippen LogP contribution >= 0.6 is 0 Å². The van der Waals surface area contributed by atoms with Crippen molar-refractivity contribution in [1.29, 1.82) is 0 Å². The second-order valence-corrected chi connectivity index (χ2v) is 4.75. The summed E-state index contributed by atoms with van der Waals surface area (Å²) in [7, 11) is 0. The highest BCUT2D eigenvalue weighted by Crippen LogP contribution is 2.35. The number of anilines is 1. The molecule has 0 saturated carbocycles. The number of aliphatic hydroxyl groups excluding tert-OH is 2. The Morgan fingerprint density at radius 1 is 1.45 bits per heavy atom. The molecule has 1 fully saturated rings. The van der Waals surface area contributed by atoms with Gasteiger partial charge in [-0.25, -0.2) is 19.3 Å². The summed E-state index contributed by atoms with van der Waals surface area (Å²) in [4.78, 5) is 11.8. The SMILES string of the molecule is C[C@@H](O)[C@H]1O[C@@H](n2cnc3c(N)ncnc32)[C@H](F)[C@@H]1O. The molecule has 0 bridgehead atoms. The Bertz CT molecular complexity index is 634. The van der Waals surface area contributed by atoms with Crippen molar-refractivity contribution in [2.24, 2.45) is 0 Å². The Morgan fingerprint density at radius 2 is 2.20 bits per heavy atom. The fraction of sp³-hybridized carbons (Fsp3) is 0.545. The maximum atomic E-state index is 14.2. The number of ether oxygens (including phenoxy) is 1. The third kappa shape index (κ3) is 1.82. The van der Waals surface area contributed by atoms with E-state index >= 15 is 0 Å². The first kappa shape index (κ1) is 13.2. The highest BCUT2D eigenvalue weighted by molar-refractivity contribution is 5.81. The van der Waals surface area contributed by atoms with Crippen molar-refractivity contribution < 1.29 is 19.3 Å². The van der Waals surface area contributed by atoms with E-state index < -0.39 is 30.7 Å². The van der Waals surface area contributed by atoms with Crippen LogP contribution in [0.1, 0.15) is 13.2 Å². The Labute approximate surface area is 113 Å². The highest BCUT2D eigenvalue weighted by Gasteiger charge is 2.47. The van der Waals surface area contributed by atoms with Gasteiger partial charge in [0, 0.05) is 0 Å². The van der Waals surface area contributed by atoms with Crippen LogP contribution in [0.15, 0.2) is 12.7 Å². The summed E-state index contributed by atoms with van der Waals surface area (Å²) in [5.74, 6) is 0.176. The molecule has 0 spiro atoms. The lowest BCUT2D eigenvalue weighted by Gasteiger charge is -2.17. The summed E-state index contributed by atoms with van der Waals surface area (Å²) in [6.45, 7) is 1.43. The molecule has 2 aromatic rings. The molecule has 0 unspecified atom stereocenters. The monoisotopic (exact) mass is 283 g/mol. The molecular formula is C11H14FN5O3. The Kier molecular flexibility index (Phi) is 3.04. The van der Waals surface area contributed by atoms with Gasteiger partial charge in [-0.05, 0) is 6.92 Å². The summed E-state index contributed by atoms with van der Waals surface area (Å²) in [5, 5.41) is 19.3. The number of imidazole rings is 1. The van der Waals surface area contributed by atoms with Gasteiger partial charge in [0.15, 0.2) is 23.9 Å². The molecule has 0 aromatic carbocycles. The summed E-state index contributed by atoms with van der Waals surface area (Å²) >= 11 is 0. The van der Waals surface area contributed by atoms with E-state index in [0.717, 1.165) is 0 Å². The first-order valence-electron chi connectivity index (χ1n) is 6.09.